The van der Waals surface area contributed by atoms with Gasteiger partial charge < -0.3 is 5.32 Å². The zero-order valence-electron chi connectivity index (χ0n) is 4.81. The van der Waals surface area contributed by atoms with Crippen LogP contribution in [0.25, 0.3) is 0 Å². The first-order chi connectivity index (χ1) is 3.30. The quantitative estimate of drug-likeness (QED) is 0.477. The fourth-order valence-corrected chi connectivity index (χ4v) is 0.678. The molecule has 1 aliphatic heterocycles. The summed E-state index contributed by atoms with van der Waals surface area (Å²) >= 11 is 0. The molecule has 1 rings (SSSR count). The van der Waals surface area contributed by atoms with Crippen LogP contribution in [0.15, 0.2) is 12.3 Å². The lowest BCUT2D eigenvalue weighted by Crippen LogP contribution is -2.19. The summed E-state index contributed by atoms with van der Waals surface area (Å²) in [5.74, 6) is 0.722. The van der Waals surface area contributed by atoms with Crippen LogP contribution >= 0.6 is 0 Å². The van der Waals surface area contributed by atoms with Gasteiger partial charge in [0.2, 0.25) is 0 Å². The molecule has 1 nitrogen and oxygen atoms in total. The van der Waals surface area contributed by atoms with Crippen LogP contribution in [0.5, 0.6) is 0 Å². The van der Waals surface area contributed by atoms with E-state index in [1.54, 1.807) is 0 Å². The number of nitrogens with one attached hydrogen (secondary N) is 1. The van der Waals surface area contributed by atoms with Crippen molar-refractivity contribution in [3.05, 3.63) is 12.3 Å². The molecule has 0 aliphatic carbocycles. The number of hydrogen-bond acceptors (Lipinski definition) is 1. The molecule has 1 unspecified atom stereocenters. The Morgan fingerprint density at radius 1 is 1.43 bits per heavy atom. The van der Waals surface area contributed by atoms with Gasteiger partial charge in [-0.05, 0) is 19.0 Å². The second kappa shape index (κ2) is 1.57. The molecule has 0 bridgehead atoms. The summed E-state index contributed by atoms with van der Waals surface area (Å²) in [6.45, 7) is 4.39. The molecule has 2 atom stereocenters. The van der Waals surface area contributed by atoms with Crippen LogP contribution in [-0.4, -0.2) is 6.04 Å². The van der Waals surface area contributed by atoms with Gasteiger partial charge in [0.1, 0.15) is 0 Å². The molecule has 0 aromatic rings. The Balaban J connectivity index is 2.45. The first kappa shape index (κ1) is 4.69. The lowest BCUT2D eigenvalue weighted by atomic mass is 10.1. The van der Waals surface area contributed by atoms with Gasteiger partial charge in [0.15, 0.2) is 0 Å². The van der Waals surface area contributed by atoms with E-state index in [0.29, 0.717) is 6.04 Å². The van der Waals surface area contributed by atoms with E-state index in [9.17, 15) is 0 Å². The summed E-state index contributed by atoms with van der Waals surface area (Å²) < 4.78 is 0. The highest BCUT2D eigenvalue weighted by molar-refractivity contribution is 4.98. The van der Waals surface area contributed by atoms with Gasteiger partial charge >= 0.3 is 0 Å². The maximum atomic E-state index is 3.19. The summed E-state index contributed by atoms with van der Waals surface area (Å²) in [4.78, 5) is 0. The Labute approximate surface area is 44.4 Å². The van der Waals surface area contributed by atoms with Crippen LogP contribution in [0.2, 0.25) is 0 Å². The van der Waals surface area contributed by atoms with Crippen molar-refractivity contribution in [3.63, 3.8) is 0 Å². The van der Waals surface area contributed by atoms with Gasteiger partial charge in [-0.15, -0.1) is 0 Å². The summed E-state index contributed by atoms with van der Waals surface area (Å²) in [6.07, 6.45) is 4.21. The molecule has 0 amide bonds. The van der Waals surface area contributed by atoms with Gasteiger partial charge in [-0.3, -0.25) is 0 Å². The van der Waals surface area contributed by atoms with Crippen molar-refractivity contribution in [3.8, 4) is 0 Å². The summed E-state index contributed by atoms with van der Waals surface area (Å²) in [5, 5.41) is 3.19. The lowest BCUT2D eigenvalue weighted by molar-refractivity contribution is 0.556. The molecule has 1 heterocycles. The highest BCUT2D eigenvalue weighted by atomic mass is 14.9. The van der Waals surface area contributed by atoms with Gasteiger partial charge in [0.25, 0.3) is 0 Å². The minimum atomic E-state index is 0.653. The van der Waals surface area contributed by atoms with E-state index in [4.69, 9.17) is 0 Å². The summed E-state index contributed by atoms with van der Waals surface area (Å²) in [5.41, 5.74) is 0. The Morgan fingerprint density at radius 2 is 2.14 bits per heavy atom. The topological polar surface area (TPSA) is 12.0 Å². The molecule has 0 saturated carbocycles. The normalized spacial score (nSPS) is 38.6. The number of rotatable bonds is 0. The molecule has 1 aliphatic rings. The summed E-state index contributed by atoms with van der Waals surface area (Å²) in [6, 6.07) is 0.653. The van der Waals surface area contributed by atoms with Gasteiger partial charge in [0, 0.05) is 6.04 Å². The number of hydrogen-bond donors (Lipinski definition) is 1. The minimum Gasteiger partial charge on any atom is -0.388 e. The molecule has 1 heteroatoms. The molecule has 0 saturated heterocycles. The molecule has 0 aromatic heterocycles. The van der Waals surface area contributed by atoms with E-state index < -0.39 is 0 Å². The van der Waals surface area contributed by atoms with Crippen LogP contribution in [0, 0.1) is 5.92 Å². The Kier molecular flexibility index (Phi) is 1.05. The maximum Gasteiger partial charge on any atom is 0.0288 e. The van der Waals surface area contributed by atoms with Crippen molar-refractivity contribution in [2.45, 2.75) is 19.9 Å². The van der Waals surface area contributed by atoms with Crippen LogP contribution in [0.4, 0.5) is 0 Å². The molecule has 0 radical (unpaired) electrons. The average molecular weight is 97.2 g/mol. The zero-order chi connectivity index (χ0) is 5.28. The predicted molar refractivity (Wildman–Crippen MR) is 30.9 cm³/mol. The van der Waals surface area contributed by atoms with Crippen molar-refractivity contribution in [1.29, 1.82) is 0 Å². The fraction of sp³-hybridized carbons (Fsp3) is 0.667. The molecule has 1 N–H and O–H groups in total. The third-order valence-electron chi connectivity index (χ3n) is 1.55. The molecule has 40 valence electrons. The van der Waals surface area contributed by atoms with E-state index in [1.807, 2.05) is 6.20 Å². The second-order valence-corrected chi connectivity index (χ2v) is 2.17. The van der Waals surface area contributed by atoms with E-state index in [1.165, 1.54) is 0 Å². The standard InChI is InChI=1S/C6H11N/c1-5-3-4-7-6(5)2/h3-7H,1-2H3/t5-,6?/m1/s1. The van der Waals surface area contributed by atoms with Crippen molar-refractivity contribution in [2.24, 2.45) is 5.92 Å². The molecular weight excluding hydrogens is 86.1 g/mol. The maximum absolute atomic E-state index is 3.19. The average Bonchev–Trinajstić information content (AvgIpc) is 1.91. The lowest BCUT2D eigenvalue weighted by Gasteiger charge is -2.06. The van der Waals surface area contributed by atoms with Crippen molar-refractivity contribution >= 4 is 0 Å². The SMILES string of the molecule is CC1NC=C[C@H]1C. The Morgan fingerprint density at radius 3 is 2.29 bits per heavy atom. The van der Waals surface area contributed by atoms with Crippen LogP contribution in [0.1, 0.15) is 13.8 Å². The van der Waals surface area contributed by atoms with Gasteiger partial charge in [-0.2, -0.15) is 0 Å². The van der Waals surface area contributed by atoms with E-state index in [0.717, 1.165) is 5.92 Å². The monoisotopic (exact) mass is 97.1 g/mol. The predicted octanol–water partition coefficient (Wildman–Crippen LogP) is 1.13. The van der Waals surface area contributed by atoms with Gasteiger partial charge in [-0.1, -0.05) is 13.0 Å². The molecule has 0 spiro atoms. The van der Waals surface area contributed by atoms with Crippen LogP contribution in [-0.2, 0) is 0 Å². The molecule has 7 heavy (non-hydrogen) atoms. The van der Waals surface area contributed by atoms with E-state index in [-0.39, 0.29) is 0 Å². The fourth-order valence-electron chi connectivity index (χ4n) is 0.678. The third-order valence-corrected chi connectivity index (χ3v) is 1.55. The largest absolute Gasteiger partial charge is 0.388 e. The second-order valence-electron chi connectivity index (χ2n) is 2.17. The Bertz CT molecular complexity index is 86.2. The van der Waals surface area contributed by atoms with Crippen molar-refractivity contribution in [1.82, 2.24) is 5.32 Å². The van der Waals surface area contributed by atoms with E-state index in [2.05, 4.69) is 25.2 Å². The summed E-state index contributed by atoms with van der Waals surface area (Å²) in [7, 11) is 0. The van der Waals surface area contributed by atoms with Crippen LogP contribution < -0.4 is 5.32 Å². The van der Waals surface area contributed by atoms with Crippen LogP contribution in [0.3, 0.4) is 0 Å². The molecule has 0 aromatic carbocycles. The van der Waals surface area contributed by atoms with Crippen molar-refractivity contribution < 1.29 is 0 Å². The minimum absolute atomic E-state index is 0.653. The zero-order valence-corrected chi connectivity index (χ0v) is 4.81. The Hall–Kier alpha value is -0.460. The smallest absolute Gasteiger partial charge is 0.0288 e. The van der Waals surface area contributed by atoms with E-state index >= 15 is 0 Å². The van der Waals surface area contributed by atoms with Gasteiger partial charge in [-0.25, -0.2) is 0 Å². The first-order valence-corrected chi connectivity index (χ1v) is 2.73. The highest BCUT2D eigenvalue weighted by Gasteiger charge is 2.10. The van der Waals surface area contributed by atoms with Gasteiger partial charge in [0.05, 0.1) is 0 Å². The molecular formula is C6H11N. The third kappa shape index (κ3) is 0.763. The highest BCUT2D eigenvalue weighted by Crippen LogP contribution is 2.08. The van der Waals surface area contributed by atoms with Crippen molar-refractivity contribution in [2.75, 3.05) is 0 Å². The molecule has 0 fully saturated rings. The first-order valence-electron chi connectivity index (χ1n) is 2.73.